The Balaban J connectivity index is 1.22. The fourth-order valence-corrected chi connectivity index (χ4v) is 6.35. The number of carbonyl (C=O) groups is 1. The van der Waals surface area contributed by atoms with Crippen molar-refractivity contribution in [2.24, 2.45) is 0 Å². The van der Waals surface area contributed by atoms with Gasteiger partial charge in [0.05, 0.1) is 11.9 Å². The van der Waals surface area contributed by atoms with Crippen LogP contribution in [0.2, 0.25) is 0 Å². The molecule has 1 fully saturated rings. The van der Waals surface area contributed by atoms with Crippen LogP contribution in [0.4, 0.5) is 44.2 Å². The van der Waals surface area contributed by atoms with Gasteiger partial charge in [-0.25, -0.2) is 18.6 Å². The molecule has 42 heavy (non-hydrogen) atoms. The number of benzene rings is 1. The molecule has 0 unspecified atom stereocenters. The SMILES string of the molecule is CCCc1cc2c(N3CCn4c(nnc4C(F)(F)F)C3)nc(N3CC[C@H](NC(=O)Nc4ccc(F)c(F)c4)C3)nc2s1. The van der Waals surface area contributed by atoms with Crippen molar-refractivity contribution in [3.05, 3.63) is 52.4 Å². The molecule has 6 rings (SSSR count). The van der Waals surface area contributed by atoms with Gasteiger partial charge < -0.3 is 25.0 Å². The Morgan fingerprint density at radius 3 is 2.67 bits per heavy atom. The molecule has 4 aromatic rings. The Hall–Kier alpha value is -4.08. The van der Waals surface area contributed by atoms with Gasteiger partial charge in [0.25, 0.3) is 0 Å². The predicted octanol–water partition coefficient (Wildman–Crippen LogP) is 4.95. The number of urea groups is 1. The molecule has 1 saturated heterocycles. The van der Waals surface area contributed by atoms with E-state index < -0.39 is 29.7 Å². The Labute approximate surface area is 240 Å². The molecule has 5 heterocycles. The third-order valence-electron chi connectivity index (χ3n) is 7.20. The van der Waals surface area contributed by atoms with E-state index in [2.05, 4.69) is 27.8 Å². The number of aromatic nitrogens is 5. The standard InChI is InChI=1S/C26H26F5N9OS/c1-2-3-16-11-17-21(38-8-9-40-20(13-38)36-37-23(40)26(29,30)31)34-24(35-22(17)42-16)39-7-6-15(12-39)33-25(41)32-14-4-5-18(27)19(28)10-14/h4-5,10-11,15H,2-3,6-9,12-13H2,1H3,(H2,32,33,41)/t15-/m0/s1. The fourth-order valence-electron chi connectivity index (χ4n) is 5.23. The first-order chi connectivity index (χ1) is 20.1. The first kappa shape index (κ1) is 28.1. The van der Waals surface area contributed by atoms with E-state index in [1.54, 1.807) is 11.3 Å². The number of anilines is 3. The Morgan fingerprint density at radius 2 is 1.90 bits per heavy atom. The molecule has 0 aliphatic carbocycles. The monoisotopic (exact) mass is 607 g/mol. The van der Waals surface area contributed by atoms with Gasteiger partial charge in [-0.05, 0) is 31.0 Å². The maximum absolute atomic E-state index is 13.5. The van der Waals surface area contributed by atoms with E-state index in [-0.39, 0.29) is 37.2 Å². The highest BCUT2D eigenvalue weighted by atomic mass is 32.1. The number of aryl methyl sites for hydroxylation is 1. The molecule has 3 aromatic heterocycles. The molecule has 1 aromatic carbocycles. The van der Waals surface area contributed by atoms with Crippen LogP contribution in [0.5, 0.6) is 0 Å². The van der Waals surface area contributed by atoms with E-state index in [9.17, 15) is 26.7 Å². The lowest BCUT2D eigenvalue weighted by atomic mass is 10.2. The number of amides is 2. The fraction of sp³-hybridized carbons (Fsp3) is 0.423. The third-order valence-corrected chi connectivity index (χ3v) is 8.29. The lowest BCUT2D eigenvalue weighted by Gasteiger charge is -2.30. The van der Waals surface area contributed by atoms with E-state index >= 15 is 0 Å². The summed E-state index contributed by atoms with van der Waals surface area (Å²) >= 11 is 1.56. The lowest BCUT2D eigenvalue weighted by Crippen LogP contribution is -2.40. The van der Waals surface area contributed by atoms with E-state index in [0.717, 1.165) is 44.6 Å². The van der Waals surface area contributed by atoms with Crippen LogP contribution in [0.1, 0.15) is 36.3 Å². The van der Waals surface area contributed by atoms with Crippen LogP contribution in [-0.2, 0) is 25.7 Å². The van der Waals surface area contributed by atoms with Gasteiger partial charge in [0.15, 0.2) is 17.5 Å². The highest BCUT2D eigenvalue weighted by Crippen LogP contribution is 2.36. The van der Waals surface area contributed by atoms with Gasteiger partial charge in [0.2, 0.25) is 11.8 Å². The first-order valence-electron chi connectivity index (χ1n) is 13.4. The van der Waals surface area contributed by atoms with E-state index in [1.807, 2.05) is 15.9 Å². The zero-order chi connectivity index (χ0) is 29.6. The molecule has 10 nitrogen and oxygen atoms in total. The van der Waals surface area contributed by atoms with Crippen LogP contribution in [0, 0.1) is 11.6 Å². The molecule has 1 atom stereocenters. The minimum atomic E-state index is -4.59. The second kappa shape index (κ2) is 11.0. The molecule has 0 radical (unpaired) electrons. The number of hydrogen-bond acceptors (Lipinski definition) is 8. The van der Waals surface area contributed by atoms with Crippen LogP contribution < -0.4 is 20.4 Å². The van der Waals surface area contributed by atoms with Crippen molar-refractivity contribution in [2.45, 2.75) is 51.5 Å². The number of thiophene rings is 1. The summed E-state index contributed by atoms with van der Waals surface area (Å²) in [6, 6.07) is 4.34. The summed E-state index contributed by atoms with van der Waals surface area (Å²) in [7, 11) is 0. The Morgan fingerprint density at radius 1 is 1.07 bits per heavy atom. The number of fused-ring (bicyclic) bond motifs is 2. The maximum Gasteiger partial charge on any atom is 0.451 e. The van der Waals surface area contributed by atoms with Gasteiger partial charge in [-0.15, -0.1) is 21.5 Å². The summed E-state index contributed by atoms with van der Waals surface area (Å²) in [6.45, 7) is 3.50. The number of carbonyl (C=O) groups excluding carboxylic acids is 1. The number of hydrogen-bond donors (Lipinski definition) is 2. The van der Waals surface area contributed by atoms with Crippen molar-refractivity contribution in [1.29, 1.82) is 0 Å². The molecular weight excluding hydrogens is 581 g/mol. The van der Waals surface area contributed by atoms with Gasteiger partial charge in [0, 0.05) is 48.9 Å². The second-order valence-corrected chi connectivity index (χ2v) is 11.3. The molecule has 0 bridgehead atoms. The van der Waals surface area contributed by atoms with Gasteiger partial charge in [-0.1, -0.05) is 13.3 Å². The molecule has 2 aliphatic heterocycles. The number of alkyl halides is 3. The van der Waals surface area contributed by atoms with Crippen molar-refractivity contribution < 1.29 is 26.7 Å². The zero-order valence-corrected chi connectivity index (χ0v) is 23.2. The van der Waals surface area contributed by atoms with Gasteiger partial charge in [-0.3, -0.25) is 0 Å². The summed E-state index contributed by atoms with van der Waals surface area (Å²) in [5, 5.41) is 13.4. The van der Waals surface area contributed by atoms with Crippen LogP contribution in [-0.4, -0.2) is 56.4 Å². The summed E-state index contributed by atoms with van der Waals surface area (Å²) in [5.74, 6) is -1.79. The Kier molecular flexibility index (Phi) is 7.32. The number of rotatable bonds is 6. The lowest BCUT2D eigenvalue weighted by molar-refractivity contribution is -0.147. The van der Waals surface area contributed by atoms with Gasteiger partial charge in [-0.2, -0.15) is 18.2 Å². The average Bonchev–Trinajstić information content (AvgIpc) is 3.67. The Bertz CT molecular complexity index is 1640. The minimum absolute atomic E-state index is 0.0622. The molecule has 2 aliphatic rings. The third kappa shape index (κ3) is 5.54. The summed E-state index contributed by atoms with van der Waals surface area (Å²) < 4.78 is 67.9. The highest BCUT2D eigenvalue weighted by Gasteiger charge is 2.40. The zero-order valence-electron chi connectivity index (χ0n) is 22.4. The number of nitrogens with one attached hydrogen (secondary N) is 2. The average molecular weight is 608 g/mol. The molecule has 16 heteroatoms. The highest BCUT2D eigenvalue weighted by molar-refractivity contribution is 7.18. The van der Waals surface area contributed by atoms with E-state index in [4.69, 9.17) is 9.97 Å². The van der Waals surface area contributed by atoms with Crippen LogP contribution >= 0.6 is 11.3 Å². The van der Waals surface area contributed by atoms with Crippen molar-refractivity contribution in [3.63, 3.8) is 0 Å². The summed E-state index contributed by atoms with van der Waals surface area (Å²) in [4.78, 5) is 27.9. The van der Waals surface area contributed by atoms with Crippen molar-refractivity contribution in [3.8, 4) is 0 Å². The molecule has 0 spiro atoms. The van der Waals surface area contributed by atoms with Crippen LogP contribution in [0.25, 0.3) is 10.2 Å². The van der Waals surface area contributed by atoms with Gasteiger partial charge >= 0.3 is 12.2 Å². The van der Waals surface area contributed by atoms with E-state index in [1.165, 1.54) is 6.07 Å². The molecule has 2 N–H and O–H groups in total. The van der Waals surface area contributed by atoms with Crippen molar-refractivity contribution >= 4 is 45.0 Å². The van der Waals surface area contributed by atoms with Crippen LogP contribution in [0.15, 0.2) is 24.3 Å². The molecule has 222 valence electrons. The minimum Gasteiger partial charge on any atom is -0.347 e. The topological polar surface area (TPSA) is 104 Å². The quantitative estimate of drug-likeness (QED) is 0.299. The van der Waals surface area contributed by atoms with Gasteiger partial charge in [0.1, 0.15) is 10.6 Å². The number of halogens is 5. The normalized spacial score (nSPS) is 17.1. The molecular formula is C26H26F5N9OS. The maximum atomic E-state index is 13.5. The van der Waals surface area contributed by atoms with E-state index in [0.29, 0.717) is 31.3 Å². The molecule has 0 saturated carbocycles. The number of nitrogens with zero attached hydrogens (tertiary/aromatic N) is 7. The second-order valence-electron chi connectivity index (χ2n) is 10.2. The van der Waals surface area contributed by atoms with Crippen LogP contribution in [0.3, 0.4) is 0 Å². The smallest absolute Gasteiger partial charge is 0.347 e. The summed E-state index contributed by atoms with van der Waals surface area (Å²) in [6.07, 6.45) is -2.18. The largest absolute Gasteiger partial charge is 0.451 e. The first-order valence-corrected chi connectivity index (χ1v) is 14.2. The molecule has 2 amide bonds. The van der Waals surface area contributed by atoms with Crippen molar-refractivity contribution in [2.75, 3.05) is 34.8 Å². The predicted molar refractivity (Wildman–Crippen MR) is 147 cm³/mol. The van der Waals surface area contributed by atoms with Crippen molar-refractivity contribution in [1.82, 2.24) is 30.0 Å². The summed E-state index contributed by atoms with van der Waals surface area (Å²) in [5.41, 5.74) is 0.125.